The van der Waals surface area contributed by atoms with Crippen LogP contribution in [0.3, 0.4) is 0 Å². The molecule has 6 nitrogen and oxygen atoms in total. The Morgan fingerprint density at radius 1 is 1.14 bits per heavy atom. The minimum Gasteiger partial charge on any atom is -0.491 e. The SMILES string of the molecule is CC(C)Oc1ccc(N(CC(=O)Nc2cccc(C(F)(F)F)c2)S(C)(=O)=O)cc1. The normalized spacial score (nSPS) is 12.0. The second-order valence-corrected chi connectivity index (χ2v) is 8.46. The lowest BCUT2D eigenvalue weighted by atomic mass is 10.2. The molecule has 0 fully saturated rings. The quantitative estimate of drug-likeness (QED) is 0.723. The molecule has 2 rings (SSSR count). The molecule has 1 N–H and O–H groups in total. The smallest absolute Gasteiger partial charge is 0.416 e. The average molecular weight is 430 g/mol. The van der Waals surface area contributed by atoms with E-state index >= 15 is 0 Å². The van der Waals surface area contributed by atoms with Crippen LogP contribution in [0.4, 0.5) is 24.5 Å². The van der Waals surface area contributed by atoms with E-state index in [1.54, 1.807) is 12.1 Å². The molecule has 0 unspecified atom stereocenters. The summed E-state index contributed by atoms with van der Waals surface area (Å²) < 4.78 is 69.0. The van der Waals surface area contributed by atoms with E-state index in [-0.39, 0.29) is 17.5 Å². The molecule has 158 valence electrons. The van der Waals surface area contributed by atoms with Gasteiger partial charge in [0.25, 0.3) is 0 Å². The molecule has 0 saturated heterocycles. The molecule has 10 heteroatoms. The number of halogens is 3. The molecule has 0 aliphatic rings. The Balaban J connectivity index is 2.18. The standard InChI is InChI=1S/C19H21F3N2O4S/c1-13(2)28-17-9-7-16(8-10-17)24(29(3,26)27)12-18(25)23-15-6-4-5-14(11-15)19(20,21)22/h4-11,13H,12H2,1-3H3,(H,23,25). The fraction of sp³-hybridized carbons (Fsp3) is 0.316. The number of amides is 1. The number of carbonyl (C=O) groups excluding carboxylic acids is 1. The van der Waals surface area contributed by atoms with Crippen molar-refractivity contribution >= 4 is 27.3 Å². The van der Waals surface area contributed by atoms with Crippen LogP contribution < -0.4 is 14.4 Å². The van der Waals surface area contributed by atoms with Gasteiger partial charge in [0.05, 0.1) is 23.6 Å². The fourth-order valence-corrected chi connectivity index (χ4v) is 3.32. The van der Waals surface area contributed by atoms with Crippen LogP contribution >= 0.6 is 0 Å². The summed E-state index contributed by atoms with van der Waals surface area (Å²) in [5.74, 6) is -0.247. The Hall–Kier alpha value is -2.75. The van der Waals surface area contributed by atoms with Gasteiger partial charge in [-0.3, -0.25) is 9.10 Å². The zero-order valence-corrected chi connectivity index (χ0v) is 16.8. The molecule has 0 heterocycles. The van der Waals surface area contributed by atoms with Gasteiger partial charge in [-0.05, 0) is 56.3 Å². The van der Waals surface area contributed by atoms with Gasteiger partial charge in [-0.1, -0.05) is 6.07 Å². The van der Waals surface area contributed by atoms with Crippen molar-refractivity contribution < 1.29 is 31.1 Å². The van der Waals surface area contributed by atoms with Gasteiger partial charge in [0.2, 0.25) is 15.9 Å². The summed E-state index contributed by atoms with van der Waals surface area (Å²) in [5, 5.41) is 2.29. The van der Waals surface area contributed by atoms with E-state index in [9.17, 15) is 26.4 Å². The highest BCUT2D eigenvalue weighted by molar-refractivity contribution is 7.92. The summed E-state index contributed by atoms with van der Waals surface area (Å²) in [6.07, 6.45) is -3.69. The summed E-state index contributed by atoms with van der Waals surface area (Å²) in [6.45, 7) is 3.09. The largest absolute Gasteiger partial charge is 0.491 e. The van der Waals surface area contributed by atoms with Crippen LogP contribution in [0.5, 0.6) is 5.75 Å². The van der Waals surface area contributed by atoms with Crippen molar-refractivity contribution in [2.45, 2.75) is 26.1 Å². The first kappa shape index (κ1) is 22.5. The number of sulfonamides is 1. The minimum atomic E-state index is -4.56. The highest BCUT2D eigenvalue weighted by Crippen LogP contribution is 2.30. The Labute approximate surface area is 167 Å². The van der Waals surface area contributed by atoms with Crippen LogP contribution in [0, 0.1) is 0 Å². The molecule has 0 saturated carbocycles. The number of nitrogens with zero attached hydrogens (tertiary/aromatic N) is 1. The highest BCUT2D eigenvalue weighted by atomic mass is 32.2. The maximum absolute atomic E-state index is 12.8. The van der Waals surface area contributed by atoms with Gasteiger partial charge < -0.3 is 10.1 Å². The van der Waals surface area contributed by atoms with E-state index in [1.807, 2.05) is 13.8 Å². The Morgan fingerprint density at radius 3 is 2.28 bits per heavy atom. The van der Waals surface area contributed by atoms with Crippen molar-refractivity contribution in [1.82, 2.24) is 0 Å². The van der Waals surface area contributed by atoms with Crippen molar-refractivity contribution in [1.29, 1.82) is 0 Å². The minimum absolute atomic E-state index is 0.0647. The first-order valence-electron chi connectivity index (χ1n) is 8.58. The van der Waals surface area contributed by atoms with Gasteiger partial charge in [-0.2, -0.15) is 13.2 Å². The number of ether oxygens (including phenoxy) is 1. The molecule has 0 spiro atoms. The number of rotatable bonds is 7. The van der Waals surface area contributed by atoms with Crippen LogP contribution in [0.1, 0.15) is 19.4 Å². The first-order chi connectivity index (χ1) is 13.4. The highest BCUT2D eigenvalue weighted by Gasteiger charge is 2.30. The molecule has 0 atom stereocenters. The van der Waals surface area contributed by atoms with E-state index in [2.05, 4.69) is 5.32 Å². The first-order valence-corrected chi connectivity index (χ1v) is 10.4. The maximum Gasteiger partial charge on any atom is 0.416 e. The number of anilines is 2. The summed E-state index contributed by atoms with van der Waals surface area (Å²) in [4.78, 5) is 12.3. The second-order valence-electron chi connectivity index (χ2n) is 6.56. The molecule has 0 aromatic heterocycles. The molecule has 0 bridgehead atoms. The molecular formula is C19H21F3N2O4S. The molecule has 0 aliphatic heterocycles. The molecule has 0 radical (unpaired) electrons. The van der Waals surface area contributed by atoms with Crippen LogP contribution in [-0.4, -0.2) is 33.2 Å². The van der Waals surface area contributed by atoms with Gasteiger partial charge in [0, 0.05) is 5.69 Å². The van der Waals surface area contributed by atoms with Gasteiger partial charge in [0.15, 0.2) is 0 Å². The number of hydrogen-bond acceptors (Lipinski definition) is 4. The van der Waals surface area contributed by atoms with Crippen molar-refractivity contribution in [2.75, 3.05) is 22.4 Å². The average Bonchev–Trinajstić information content (AvgIpc) is 2.58. The molecular weight excluding hydrogens is 409 g/mol. The van der Waals surface area contributed by atoms with E-state index in [1.165, 1.54) is 18.2 Å². The van der Waals surface area contributed by atoms with Crippen LogP contribution in [0.2, 0.25) is 0 Å². The van der Waals surface area contributed by atoms with E-state index < -0.39 is 34.2 Å². The molecule has 2 aromatic rings. The zero-order valence-electron chi connectivity index (χ0n) is 16.0. The third kappa shape index (κ3) is 6.67. The lowest BCUT2D eigenvalue weighted by Crippen LogP contribution is -2.37. The molecule has 0 aliphatic carbocycles. The van der Waals surface area contributed by atoms with Crippen molar-refractivity contribution in [2.24, 2.45) is 0 Å². The number of nitrogens with one attached hydrogen (secondary N) is 1. The number of carbonyl (C=O) groups is 1. The topological polar surface area (TPSA) is 75.7 Å². The lowest BCUT2D eigenvalue weighted by molar-refractivity contribution is -0.137. The molecule has 2 aromatic carbocycles. The maximum atomic E-state index is 12.8. The Morgan fingerprint density at radius 2 is 1.76 bits per heavy atom. The second kappa shape index (κ2) is 8.73. The zero-order chi connectivity index (χ0) is 21.8. The number of hydrogen-bond donors (Lipinski definition) is 1. The third-order valence-corrected chi connectivity index (χ3v) is 4.80. The number of alkyl halides is 3. The van der Waals surface area contributed by atoms with Crippen LogP contribution in [0.15, 0.2) is 48.5 Å². The predicted molar refractivity (Wildman–Crippen MR) is 104 cm³/mol. The Kier molecular flexibility index (Phi) is 6.78. The number of benzene rings is 2. The van der Waals surface area contributed by atoms with Crippen LogP contribution in [0.25, 0.3) is 0 Å². The summed E-state index contributed by atoms with van der Waals surface area (Å²) in [6, 6.07) is 10.2. The van der Waals surface area contributed by atoms with E-state index in [4.69, 9.17) is 4.74 Å². The predicted octanol–water partition coefficient (Wildman–Crippen LogP) is 3.90. The summed E-state index contributed by atoms with van der Waals surface area (Å²) in [5.41, 5.74) is -0.780. The summed E-state index contributed by atoms with van der Waals surface area (Å²) in [7, 11) is -3.82. The third-order valence-electron chi connectivity index (χ3n) is 3.66. The fourth-order valence-electron chi connectivity index (χ4n) is 2.47. The lowest BCUT2D eigenvalue weighted by Gasteiger charge is -2.22. The Bertz CT molecular complexity index is 958. The van der Waals surface area contributed by atoms with Gasteiger partial charge in [-0.25, -0.2) is 8.42 Å². The monoisotopic (exact) mass is 430 g/mol. The van der Waals surface area contributed by atoms with Gasteiger partial charge in [-0.15, -0.1) is 0 Å². The molecule has 1 amide bonds. The van der Waals surface area contributed by atoms with Crippen molar-refractivity contribution in [3.8, 4) is 5.75 Å². The van der Waals surface area contributed by atoms with E-state index in [0.29, 0.717) is 5.75 Å². The van der Waals surface area contributed by atoms with Crippen molar-refractivity contribution in [3.05, 3.63) is 54.1 Å². The van der Waals surface area contributed by atoms with Gasteiger partial charge >= 0.3 is 6.18 Å². The van der Waals surface area contributed by atoms with Crippen molar-refractivity contribution in [3.63, 3.8) is 0 Å². The van der Waals surface area contributed by atoms with E-state index in [0.717, 1.165) is 28.8 Å². The van der Waals surface area contributed by atoms with Gasteiger partial charge in [0.1, 0.15) is 12.3 Å². The van der Waals surface area contributed by atoms with Crippen LogP contribution in [-0.2, 0) is 21.0 Å². The summed E-state index contributed by atoms with van der Waals surface area (Å²) >= 11 is 0. The molecule has 29 heavy (non-hydrogen) atoms.